The van der Waals surface area contributed by atoms with Gasteiger partial charge in [0.1, 0.15) is 0 Å². The summed E-state index contributed by atoms with van der Waals surface area (Å²) in [6, 6.07) is 0. The maximum atomic E-state index is 6.45. The Morgan fingerprint density at radius 2 is 1.22 bits per heavy atom. The molecule has 1 aliphatic carbocycles. The Bertz CT molecular complexity index is 122. The van der Waals surface area contributed by atoms with Gasteiger partial charge in [-0.05, 0) is 0 Å². The number of hydrogen-bond acceptors (Lipinski definition) is 0. The van der Waals surface area contributed by atoms with Crippen molar-refractivity contribution < 1.29 is 21.7 Å². The fourth-order valence-corrected chi connectivity index (χ4v) is 0.340. The zero-order chi connectivity index (χ0) is 13.8. The molecule has 0 amide bonds. The van der Waals surface area contributed by atoms with Crippen molar-refractivity contribution in [2.45, 2.75) is 46.5 Å². The number of hydrogen-bond donors (Lipinski definition) is 0. The third-order valence-corrected chi connectivity index (χ3v) is 1.34. The molecular formula is C14H29N3Ti. The molecule has 0 aliphatic heterocycles. The van der Waals surface area contributed by atoms with E-state index in [4.69, 9.17) is 17.2 Å². The number of rotatable bonds is 3. The van der Waals surface area contributed by atoms with Gasteiger partial charge in [0, 0.05) is 0 Å². The molecule has 0 aromatic carbocycles. The Hall–Kier alpha value is 0.0743. The molecule has 0 bridgehead atoms. The van der Waals surface area contributed by atoms with E-state index in [0.29, 0.717) is 19.6 Å². The summed E-state index contributed by atoms with van der Waals surface area (Å²) in [6.07, 6.45) is 13.0. The maximum Gasteiger partial charge on any atom is 4.00 e. The molecule has 0 saturated heterocycles. The van der Waals surface area contributed by atoms with Gasteiger partial charge in [0.2, 0.25) is 0 Å². The van der Waals surface area contributed by atoms with Crippen LogP contribution < -0.4 is 0 Å². The van der Waals surface area contributed by atoms with E-state index in [9.17, 15) is 0 Å². The van der Waals surface area contributed by atoms with Crippen LogP contribution in [0.1, 0.15) is 46.5 Å². The van der Waals surface area contributed by atoms with Crippen molar-refractivity contribution in [3.8, 4) is 0 Å². The van der Waals surface area contributed by atoms with Gasteiger partial charge >= 0.3 is 21.7 Å². The first kappa shape index (κ1) is 26.6. The van der Waals surface area contributed by atoms with Crippen molar-refractivity contribution in [3.05, 3.63) is 41.5 Å². The second kappa shape index (κ2) is 36.0. The average Bonchev–Trinajstić information content (AvgIpc) is 2.98. The zero-order valence-electron chi connectivity index (χ0n) is 12.2. The van der Waals surface area contributed by atoms with Crippen LogP contribution >= 0.6 is 0 Å². The van der Waals surface area contributed by atoms with Crippen molar-refractivity contribution in [2.75, 3.05) is 19.6 Å². The van der Waals surface area contributed by atoms with Gasteiger partial charge in [-0.3, -0.25) is 6.08 Å². The molecular weight excluding hydrogens is 258 g/mol. The Morgan fingerprint density at radius 3 is 1.28 bits per heavy atom. The minimum atomic E-state index is 0. The van der Waals surface area contributed by atoms with E-state index >= 15 is 0 Å². The van der Waals surface area contributed by atoms with Crippen LogP contribution in [0.15, 0.2) is 18.2 Å². The van der Waals surface area contributed by atoms with Crippen molar-refractivity contribution in [2.24, 2.45) is 0 Å². The van der Waals surface area contributed by atoms with Gasteiger partial charge in [0.05, 0.1) is 0 Å². The van der Waals surface area contributed by atoms with Crippen LogP contribution in [0.5, 0.6) is 0 Å². The first-order valence-electron chi connectivity index (χ1n) is 6.40. The van der Waals surface area contributed by atoms with Crippen LogP contribution in [-0.4, -0.2) is 19.6 Å². The molecule has 0 unspecified atom stereocenters. The molecule has 104 valence electrons. The van der Waals surface area contributed by atoms with Crippen LogP contribution in [0.4, 0.5) is 0 Å². The molecule has 0 spiro atoms. The second-order valence-corrected chi connectivity index (χ2v) is 3.25. The third kappa shape index (κ3) is 56.0. The second-order valence-electron chi connectivity index (χ2n) is 3.25. The van der Waals surface area contributed by atoms with Crippen molar-refractivity contribution in [3.63, 3.8) is 0 Å². The molecule has 0 atom stereocenters. The smallest absolute Gasteiger partial charge is 0.677 e. The third-order valence-electron chi connectivity index (χ3n) is 1.34. The van der Waals surface area contributed by atoms with E-state index < -0.39 is 0 Å². The monoisotopic (exact) mass is 287 g/mol. The topological polar surface area (TPSA) is 71.4 Å². The Morgan fingerprint density at radius 1 is 0.889 bits per heavy atom. The molecule has 0 aromatic rings. The average molecular weight is 287 g/mol. The summed E-state index contributed by atoms with van der Waals surface area (Å²) in [6.45, 7) is 7.69. The molecule has 0 radical (unpaired) electrons. The molecule has 4 heteroatoms. The minimum absolute atomic E-state index is 0. The predicted octanol–water partition coefficient (Wildman–Crippen LogP) is 5.65. The van der Waals surface area contributed by atoms with E-state index in [1.807, 2.05) is 32.9 Å². The Labute approximate surface area is 129 Å². The normalized spacial score (nSPS) is 9.89. The first-order chi connectivity index (χ1) is 8.24. The first-order valence-corrected chi connectivity index (χ1v) is 6.40. The van der Waals surface area contributed by atoms with Gasteiger partial charge in [-0.2, -0.15) is 25.7 Å². The fraction of sp³-hybridized carbons (Fsp3) is 0.714. The summed E-state index contributed by atoms with van der Waals surface area (Å²) in [5.41, 5.74) is 19.4. The standard InChI is InChI=1S/C5H5.3C3H8N.Ti/c1-2-4-5-3-1;3*1-2-3-4;/h1-3H,4H2;3*4H,2-3H2,1H3;/q4*-1;+4. The largest absolute Gasteiger partial charge is 4.00 e. The van der Waals surface area contributed by atoms with E-state index in [1.165, 1.54) is 0 Å². The summed E-state index contributed by atoms with van der Waals surface area (Å²) < 4.78 is 0. The fourth-order valence-electron chi connectivity index (χ4n) is 0.340. The quantitative estimate of drug-likeness (QED) is 0.475. The van der Waals surface area contributed by atoms with Gasteiger partial charge < -0.3 is 17.2 Å². The van der Waals surface area contributed by atoms with Crippen LogP contribution in [0.3, 0.4) is 0 Å². The van der Waals surface area contributed by atoms with Crippen LogP contribution in [0.25, 0.3) is 17.2 Å². The van der Waals surface area contributed by atoms with Crippen molar-refractivity contribution in [1.29, 1.82) is 0 Å². The molecule has 1 rings (SSSR count). The molecule has 18 heavy (non-hydrogen) atoms. The zero-order valence-corrected chi connectivity index (χ0v) is 13.7. The van der Waals surface area contributed by atoms with Crippen molar-refractivity contribution in [1.82, 2.24) is 0 Å². The summed E-state index contributed by atoms with van der Waals surface area (Å²) in [5, 5.41) is 0. The molecule has 0 heterocycles. The molecule has 0 saturated carbocycles. The van der Waals surface area contributed by atoms with Gasteiger partial charge in [-0.15, -0.1) is 6.42 Å². The van der Waals surface area contributed by atoms with E-state index in [1.54, 1.807) is 0 Å². The number of allylic oxidation sites excluding steroid dienone is 4. The predicted molar refractivity (Wildman–Crippen MR) is 80.0 cm³/mol. The van der Waals surface area contributed by atoms with Crippen LogP contribution in [0, 0.1) is 6.08 Å². The van der Waals surface area contributed by atoms with E-state index in [2.05, 4.69) is 12.2 Å². The number of nitrogens with one attached hydrogen (secondary N) is 3. The SMILES string of the molecule is CCC[NH-].CCC[NH-].CCC[NH-].[C-]1=CC=CC1.[Ti+4]. The van der Waals surface area contributed by atoms with E-state index in [-0.39, 0.29) is 21.7 Å². The summed E-state index contributed by atoms with van der Waals surface area (Å²) >= 11 is 0. The van der Waals surface area contributed by atoms with Gasteiger partial charge in [-0.25, -0.2) is 12.2 Å². The minimum Gasteiger partial charge on any atom is -0.677 e. The van der Waals surface area contributed by atoms with E-state index in [0.717, 1.165) is 25.7 Å². The molecule has 3 nitrogen and oxygen atoms in total. The van der Waals surface area contributed by atoms with Gasteiger partial charge in [0.25, 0.3) is 0 Å². The van der Waals surface area contributed by atoms with Crippen LogP contribution in [-0.2, 0) is 21.7 Å². The molecule has 0 fully saturated rings. The Kier molecular flexibility index (Phi) is 53.2. The summed E-state index contributed by atoms with van der Waals surface area (Å²) in [5.74, 6) is 0. The summed E-state index contributed by atoms with van der Waals surface area (Å²) in [4.78, 5) is 0. The maximum absolute atomic E-state index is 6.45. The van der Waals surface area contributed by atoms with Crippen molar-refractivity contribution >= 4 is 0 Å². The molecule has 3 N–H and O–H groups in total. The summed E-state index contributed by atoms with van der Waals surface area (Å²) in [7, 11) is 0. The van der Waals surface area contributed by atoms with Gasteiger partial charge in [-0.1, -0.05) is 40.0 Å². The molecule has 0 aromatic heterocycles. The molecule has 1 aliphatic rings. The van der Waals surface area contributed by atoms with Crippen LogP contribution in [0.2, 0.25) is 0 Å². The van der Waals surface area contributed by atoms with Gasteiger partial charge in [0.15, 0.2) is 0 Å². The Balaban J connectivity index is -0.0000000719.